The molecule has 0 spiro atoms. The predicted octanol–water partition coefficient (Wildman–Crippen LogP) is 3.06. The summed E-state index contributed by atoms with van der Waals surface area (Å²) < 4.78 is 5.17. The topological polar surface area (TPSA) is 58.6 Å². The fourth-order valence-corrected chi connectivity index (χ4v) is 2.86. The zero-order valence-electron chi connectivity index (χ0n) is 14.0. The number of amides is 2. The Morgan fingerprint density at radius 3 is 2.62 bits per heavy atom. The van der Waals surface area contributed by atoms with Crippen LogP contribution in [-0.2, 0) is 9.59 Å². The van der Waals surface area contributed by atoms with Gasteiger partial charge in [0.05, 0.1) is 19.2 Å². The Bertz CT molecular complexity index is 801. The van der Waals surface area contributed by atoms with Crippen LogP contribution in [0.15, 0.2) is 42.5 Å². The molecule has 1 aliphatic heterocycles. The van der Waals surface area contributed by atoms with Crippen molar-refractivity contribution in [3.8, 4) is 5.75 Å². The maximum atomic E-state index is 12.7. The zero-order valence-corrected chi connectivity index (χ0v) is 14.0. The molecule has 2 amide bonds. The molecule has 3 rings (SSSR count). The van der Waals surface area contributed by atoms with Gasteiger partial charge in [-0.1, -0.05) is 18.2 Å². The van der Waals surface area contributed by atoms with Gasteiger partial charge in [0.2, 0.25) is 5.91 Å². The van der Waals surface area contributed by atoms with Gasteiger partial charge in [-0.05, 0) is 43.2 Å². The minimum absolute atomic E-state index is 0.142. The van der Waals surface area contributed by atoms with Gasteiger partial charge in [-0.15, -0.1) is 0 Å². The average Bonchev–Trinajstić information content (AvgIpc) is 2.85. The summed E-state index contributed by atoms with van der Waals surface area (Å²) in [7, 11) is 1.55. The fourth-order valence-electron chi connectivity index (χ4n) is 2.86. The molecule has 0 bridgehead atoms. The minimum atomic E-state index is -0.552. The molecule has 2 aromatic rings. The number of methoxy groups -OCH3 is 1. The van der Waals surface area contributed by atoms with E-state index in [9.17, 15) is 9.59 Å². The minimum Gasteiger partial charge on any atom is -0.497 e. The van der Waals surface area contributed by atoms with E-state index in [1.165, 1.54) is 4.90 Å². The van der Waals surface area contributed by atoms with E-state index in [0.717, 1.165) is 16.8 Å². The number of carbonyl (C=O) groups excluding carboxylic acids is 2. The molecule has 1 heterocycles. The van der Waals surface area contributed by atoms with Crippen LogP contribution in [0.25, 0.3) is 0 Å². The Morgan fingerprint density at radius 1 is 1.12 bits per heavy atom. The van der Waals surface area contributed by atoms with Gasteiger partial charge in [0, 0.05) is 11.8 Å². The lowest BCUT2D eigenvalue weighted by atomic mass is 10.1. The molecule has 0 aliphatic carbocycles. The standard InChI is InChI=1S/C19H20N2O3/c1-12-6-4-9-16(13(12)2)20-17-11-18(22)21(19(17)23)14-7-5-8-15(10-14)24-3/h4-10,17,20H,11H2,1-3H3. The van der Waals surface area contributed by atoms with Gasteiger partial charge in [-0.2, -0.15) is 0 Å². The van der Waals surface area contributed by atoms with Crippen molar-refractivity contribution in [3.05, 3.63) is 53.6 Å². The summed E-state index contributed by atoms with van der Waals surface area (Å²) in [5, 5.41) is 3.22. The molecule has 5 heteroatoms. The number of nitrogens with one attached hydrogen (secondary N) is 1. The van der Waals surface area contributed by atoms with Crippen LogP contribution in [0.3, 0.4) is 0 Å². The van der Waals surface area contributed by atoms with Crippen LogP contribution in [-0.4, -0.2) is 25.0 Å². The number of benzene rings is 2. The summed E-state index contributed by atoms with van der Waals surface area (Å²) in [5.41, 5.74) is 3.64. The number of imide groups is 1. The highest BCUT2D eigenvalue weighted by molar-refractivity contribution is 6.23. The molecule has 0 aromatic heterocycles. The van der Waals surface area contributed by atoms with Crippen LogP contribution in [0.5, 0.6) is 5.75 Å². The van der Waals surface area contributed by atoms with Crippen molar-refractivity contribution < 1.29 is 14.3 Å². The Labute approximate surface area is 141 Å². The highest BCUT2D eigenvalue weighted by Crippen LogP contribution is 2.28. The first-order valence-electron chi connectivity index (χ1n) is 7.85. The Balaban J connectivity index is 1.85. The number of ether oxygens (including phenoxy) is 1. The molecule has 1 unspecified atom stereocenters. The molecule has 1 aliphatic rings. The van der Waals surface area contributed by atoms with Crippen LogP contribution >= 0.6 is 0 Å². The molecule has 2 aromatic carbocycles. The van der Waals surface area contributed by atoms with Crippen molar-refractivity contribution in [2.45, 2.75) is 26.3 Å². The maximum Gasteiger partial charge on any atom is 0.256 e. The average molecular weight is 324 g/mol. The van der Waals surface area contributed by atoms with Crippen molar-refractivity contribution in [1.29, 1.82) is 0 Å². The summed E-state index contributed by atoms with van der Waals surface area (Å²) in [4.78, 5) is 26.3. The van der Waals surface area contributed by atoms with E-state index in [4.69, 9.17) is 4.74 Å². The van der Waals surface area contributed by atoms with Gasteiger partial charge in [-0.3, -0.25) is 9.59 Å². The summed E-state index contributed by atoms with van der Waals surface area (Å²) in [6.45, 7) is 4.02. The Kier molecular flexibility index (Phi) is 4.25. The number of rotatable bonds is 4. The summed E-state index contributed by atoms with van der Waals surface area (Å²) in [5.74, 6) is 0.157. The van der Waals surface area contributed by atoms with Crippen molar-refractivity contribution in [3.63, 3.8) is 0 Å². The van der Waals surface area contributed by atoms with E-state index in [1.54, 1.807) is 31.4 Å². The highest BCUT2D eigenvalue weighted by Gasteiger charge is 2.39. The van der Waals surface area contributed by atoms with E-state index >= 15 is 0 Å². The molecular formula is C19H20N2O3. The number of carbonyl (C=O) groups is 2. The first-order chi connectivity index (χ1) is 11.5. The van der Waals surface area contributed by atoms with Gasteiger partial charge < -0.3 is 10.1 Å². The second-order valence-corrected chi connectivity index (χ2v) is 5.92. The van der Waals surface area contributed by atoms with E-state index in [2.05, 4.69) is 5.32 Å². The van der Waals surface area contributed by atoms with Crippen molar-refractivity contribution in [2.24, 2.45) is 0 Å². The number of hydrogen-bond donors (Lipinski definition) is 1. The molecular weight excluding hydrogens is 304 g/mol. The number of hydrogen-bond acceptors (Lipinski definition) is 4. The third-order valence-electron chi connectivity index (χ3n) is 4.39. The van der Waals surface area contributed by atoms with Gasteiger partial charge in [0.15, 0.2) is 0 Å². The van der Waals surface area contributed by atoms with Crippen LogP contribution in [0.2, 0.25) is 0 Å². The molecule has 0 saturated carbocycles. The predicted molar refractivity (Wildman–Crippen MR) is 93.4 cm³/mol. The molecule has 1 atom stereocenters. The highest BCUT2D eigenvalue weighted by atomic mass is 16.5. The molecule has 1 saturated heterocycles. The second kappa shape index (κ2) is 6.35. The van der Waals surface area contributed by atoms with Gasteiger partial charge in [0.1, 0.15) is 11.8 Å². The Morgan fingerprint density at radius 2 is 1.88 bits per heavy atom. The lowest BCUT2D eigenvalue weighted by Crippen LogP contribution is -2.34. The number of anilines is 2. The summed E-state index contributed by atoms with van der Waals surface area (Å²) in [6, 6.07) is 12.3. The van der Waals surface area contributed by atoms with E-state index in [1.807, 2.05) is 32.0 Å². The van der Waals surface area contributed by atoms with E-state index in [0.29, 0.717) is 11.4 Å². The normalized spacial score (nSPS) is 17.3. The number of aryl methyl sites for hydroxylation is 1. The van der Waals surface area contributed by atoms with Gasteiger partial charge in [0.25, 0.3) is 5.91 Å². The fraction of sp³-hybridized carbons (Fsp3) is 0.263. The molecule has 24 heavy (non-hydrogen) atoms. The second-order valence-electron chi connectivity index (χ2n) is 5.92. The largest absolute Gasteiger partial charge is 0.497 e. The molecule has 124 valence electrons. The first-order valence-corrected chi connectivity index (χ1v) is 7.85. The van der Waals surface area contributed by atoms with Crippen LogP contribution in [0, 0.1) is 13.8 Å². The van der Waals surface area contributed by atoms with E-state index in [-0.39, 0.29) is 18.2 Å². The monoisotopic (exact) mass is 324 g/mol. The quantitative estimate of drug-likeness (QED) is 0.878. The van der Waals surface area contributed by atoms with Crippen LogP contribution in [0.4, 0.5) is 11.4 Å². The van der Waals surface area contributed by atoms with Crippen molar-refractivity contribution in [1.82, 2.24) is 0 Å². The molecule has 0 radical (unpaired) electrons. The zero-order chi connectivity index (χ0) is 17.3. The van der Waals surface area contributed by atoms with Crippen molar-refractivity contribution in [2.75, 3.05) is 17.3 Å². The smallest absolute Gasteiger partial charge is 0.256 e. The van der Waals surface area contributed by atoms with Crippen LogP contribution < -0.4 is 15.0 Å². The number of nitrogens with zero attached hydrogens (tertiary/aromatic N) is 1. The lowest BCUT2D eigenvalue weighted by Gasteiger charge is -2.18. The van der Waals surface area contributed by atoms with Crippen molar-refractivity contribution >= 4 is 23.2 Å². The van der Waals surface area contributed by atoms with Gasteiger partial charge in [-0.25, -0.2) is 4.90 Å². The maximum absolute atomic E-state index is 12.7. The molecule has 5 nitrogen and oxygen atoms in total. The van der Waals surface area contributed by atoms with Gasteiger partial charge >= 0.3 is 0 Å². The summed E-state index contributed by atoms with van der Waals surface area (Å²) in [6.07, 6.45) is 0.142. The Hall–Kier alpha value is -2.82. The van der Waals surface area contributed by atoms with E-state index < -0.39 is 6.04 Å². The lowest BCUT2D eigenvalue weighted by molar-refractivity contribution is -0.121. The molecule has 1 fully saturated rings. The third kappa shape index (κ3) is 2.85. The summed E-state index contributed by atoms with van der Waals surface area (Å²) >= 11 is 0. The molecule has 1 N–H and O–H groups in total. The van der Waals surface area contributed by atoms with Crippen LogP contribution in [0.1, 0.15) is 17.5 Å². The SMILES string of the molecule is COc1cccc(N2C(=O)CC(Nc3cccc(C)c3C)C2=O)c1. The first kappa shape index (κ1) is 16.1. The third-order valence-corrected chi connectivity index (χ3v) is 4.39.